The normalized spacial score (nSPS) is 18.5. The number of aromatic nitrogens is 1. The summed E-state index contributed by atoms with van der Waals surface area (Å²) in [5.41, 5.74) is 0.661. The molecule has 0 spiro atoms. The van der Waals surface area contributed by atoms with Crippen molar-refractivity contribution in [3.05, 3.63) is 23.4 Å². The zero-order valence-corrected chi connectivity index (χ0v) is 15.0. The number of carboxylic acids is 1. The Hall–Kier alpha value is -2.11. The van der Waals surface area contributed by atoms with Crippen molar-refractivity contribution >= 4 is 11.9 Å². The zero-order valence-electron chi connectivity index (χ0n) is 15.0. The molecule has 6 heteroatoms. The van der Waals surface area contributed by atoms with Crippen LogP contribution in [0.3, 0.4) is 0 Å². The largest absolute Gasteiger partial charge is 0.480 e. The van der Waals surface area contributed by atoms with Crippen LogP contribution in [-0.4, -0.2) is 34.6 Å². The fourth-order valence-corrected chi connectivity index (χ4v) is 2.73. The van der Waals surface area contributed by atoms with Crippen molar-refractivity contribution < 1.29 is 19.4 Å². The van der Waals surface area contributed by atoms with Crippen LogP contribution >= 0.6 is 0 Å². The first-order valence-corrected chi connectivity index (χ1v) is 8.93. The number of pyridine rings is 1. The lowest BCUT2D eigenvalue weighted by Gasteiger charge is -2.27. The Morgan fingerprint density at radius 1 is 1.28 bits per heavy atom. The van der Waals surface area contributed by atoms with Gasteiger partial charge in [0.15, 0.2) is 0 Å². The number of carbonyl (C=O) groups excluding carboxylic acids is 1. The van der Waals surface area contributed by atoms with Crippen LogP contribution < -0.4 is 10.1 Å². The molecule has 1 aromatic rings. The van der Waals surface area contributed by atoms with E-state index in [-0.39, 0.29) is 5.69 Å². The molecule has 0 saturated heterocycles. The Kier molecular flexibility index (Phi) is 4.71. The summed E-state index contributed by atoms with van der Waals surface area (Å²) in [4.78, 5) is 28.4. The fraction of sp³-hybridized carbons (Fsp3) is 0.632. The Labute approximate surface area is 148 Å². The molecule has 2 N–H and O–H groups in total. The molecule has 1 aromatic heterocycles. The summed E-state index contributed by atoms with van der Waals surface area (Å²) in [6, 6.07) is 2.57. The number of nitrogens with zero attached hydrogens (tertiary/aromatic N) is 1. The van der Waals surface area contributed by atoms with Crippen molar-refractivity contribution in [2.75, 3.05) is 6.61 Å². The van der Waals surface area contributed by atoms with Crippen LogP contribution in [0.25, 0.3) is 0 Å². The number of rotatable bonds is 7. The van der Waals surface area contributed by atoms with Crippen LogP contribution in [-0.2, 0) is 4.79 Å². The van der Waals surface area contributed by atoms with E-state index in [1.165, 1.54) is 12.8 Å². The van der Waals surface area contributed by atoms with Gasteiger partial charge in [-0.2, -0.15) is 0 Å². The van der Waals surface area contributed by atoms with Gasteiger partial charge in [0.1, 0.15) is 11.7 Å². The SMILES string of the molecule is CC(C)(C)[C@H](NC(=O)c1ccc(C2CC2)c(OCC2CC2)n1)C(=O)O. The molecular weight excluding hydrogens is 320 g/mol. The molecule has 0 unspecified atom stereocenters. The molecule has 25 heavy (non-hydrogen) atoms. The smallest absolute Gasteiger partial charge is 0.326 e. The van der Waals surface area contributed by atoms with Crippen molar-refractivity contribution in [1.82, 2.24) is 10.3 Å². The summed E-state index contributed by atoms with van der Waals surface area (Å²) in [5.74, 6) is 0.0649. The second kappa shape index (κ2) is 6.65. The Balaban J connectivity index is 1.77. The van der Waals surface area contributed by atoms with Crippen LogP contribution in [0.1, 0.15) is 68.4 Å². The highest BCUT2D eigenvalue weighted by molar-refractivity contribution is 5.95. The average Bonchev–Trinajstić information content (AvgIpc) is 3.42. The quantitative estimate of drug-likeness (QED) is 0.792. The molecule has 0 bridgehead atoms. The van der Waals surface area contributed by atoms with E-state index in [1.807, 2.05) is 6.07 Å². The standard InChI is InChI=1S/C19H26N2O4/c1-19(2,3)15(18(23)24)21-16(22)14-9-8-13(12-6-7-12)17(20-14)25-10-11-4-5-11/h8-9,11-12,15H,4-7,10H2,1-3H3,(H,21,22)(H,23,24)/t15-/m1/s1. The minimum atomic E-state index is -1.05. The van der Waals surface area contributed by atoms with E-state index in [0.717, 1.165) is 18.4 Å². The fourth-order valence-electron chi connectivity index (χ4n) is 2.73. The van der Waals surface area contributed by atoms with Crippen molar-refractivity contribution in [2.45, 2.75) is 58.4 Å². The molecule has 2 fully saturated rings. The molecule has 0 radical (unpaired) electrons. The van der Waals surface area contributed by atoms with Crippen LogP contribution in [0.2, 0.25) is 0 Å². The maximum absolute atomic E-state index is 12.5. The van der Waals surface area contributed by atoms with Gasteiger partial charge < -0.3 is 15.2 Å². The zero-order chi connectivity index (χ0) is 18.2. The summed E-state index contributed by atoms with van der Waals surface area (Å²) in [5, 5.41) is 12.0. The molecule has 136 valence electrons. The Morgan fingerprint density at radius 2 is 1.96 bits per heavy atom. The summed E-state index contributed by atoms with van der Waals surface area (Å²) >= 11 is 0. The maximum Gasteiger partial charge on any atom is 0.326 e. The van der Waals surface area contributed by atoms with E-state index in [9.17, 15) is 14.7 Å². The number of nitrogens with one attached hydrogen (secondary N) is 1. The Morgan fingerprint density at radius 3 is 2.48 bits per heavy atom. The number of amides is 1. The van der Waals surface area contributed by atoms with Gasteiger partial charge in [-0.1, -0.05) is 26.8 Å². The van der Waals surface area contributed by atoms with Crippen LogP contribution in [0.4, 0.5) is 0 Å². The second-order valence-electron chi connectivity index (χ2n) is 8.23. The van der Waals surface area contributed by atoms with Gasteiger partial charge in [-0.05, 0) is 49.0 Å². The molecule has 1 heterocycles. The number of carboxylic acid groups (broad SMARTS) is 1. The molecule has 2 aliphatic carbocycles. The van der Waals surface area contributed by atoms with E-state index in [1.54, 1.807) is 26.8 Å². The lowest BCUT2D eigenvalue weighted by atomic mass is 9.86. The number of aliphatic carboxylic acids is 1. The van der Waals surface area contributed by atoms with Crippen LogP contribution in [0, 0.1) is 11.3 Å². The molecule has 0 aromatic carbocycles. The monoisotopic (exact) mass is 346 g/mol. The maximum atomic E-state index is 12.5. The topological polar surface area (TPSA) is 88.5 Å². The molecule has 0 aliphatic heterocycles. The van der Waals surface area contributed by atoms with Gasteiger partial charge in [0.2, 0.25) is 5.88 Å². The molecule has 1 amide bonds. The first-order chi connectivity index (χ1) is 11.8. The Bertz CT molecular complexity index is 672. The summed E-state index contributed by atoms with van der Waals surface area (Å²) in [7, 11) is 0. The van der Waals surface area contributed by atoms with Crippen molar-refractivity contribution in [3.8, 4) is 5.88 Å². The molecular formula is C19H26N2O4. The van der Waals surface area contributed by atoms with Crippen molar-refractivity contribution in [2.24, 2.45) is 11.3 Å². The average molecular weight is 346 g/mol. The second-order valence-corrected chi connectivity index (χ2v) is 8.23. The molecule has 1 atom stereocenters. The van der Waals surface area contributed by atoms with Gasteiger partial charge in [-0.15, -0.1) is 0 Å². The van der Waals surface area contributed by atoms with Gasteiger partial charge in [0, 0.05) is 5.56 Å². The lowest BCUT2D eigenvalue weighted by Crippen LogP contribution is -2.49. The number of hydrogen-bond acceptors (Lipinski definition) is 4. The third-order valence-corrected chi connectivity index (χ3v) is 4.68. The van der Waals surface area contributed by atoms with Gasteiger partial charge in [-0.25, -0.2) is 9.78 Å². The first-order valence-electron chi connectivity index (χ1n) is 8.93. The van der Waals surface area contributed by atoms with Gasteiger partial charge >= 0.3 is 5.97 Å². The molecule has 3 rings (SSSR count). The minimum Gasteiger partial charge on any atom is -0.480 e. The van der Waals surface area contributed by atoms with E-state index in [4.69, 9.17) is 4.74 Å². The summed E-state index contributed by atoms with van der Waals surface area (Å²) in [6.45, 7) is 5.97. The minimum absolute atomic E-state index is 0.200. The number of carbonyl (C=O) groups is 2. The van der Waals surface area contributed by atoms with Crippen LogP contribution in [0.5, 0.6) is 5.88 Å². The van der Waals surface area contributed by atoms with Crippen LogP contribution in [0.15, 0.2) is 12.1 Å². The van der Waals surface area contributed by atoms with Gasteiger partial charge in [0.05, 0.1) is 6.61 Å². The summed E-state index contributed by atoms with van der Waals surface area (Å²) < 4.78 is 5.87. The number of hydrogen-bond donors (Lipinski definition) is 2. The predicted molar refractivity (Wildman–Crippen MR) is 92.8 cm³/mol. The van der Waals surface area contributed by atoms with Crippen molar-refractivity contribution in [3.63, 3.8) is 0 Å². The molecule has 2 saturated carbocycles. The highest BCUT2D eigenvalue weighted by atomic mass is 16.5. The number of ether oxygens (including phenoxy) is 1. The predicted octanol–water partition coefficient (Wildman–Crippen LogP) is 2.98. The highest BCUT2D eigenvalue weighted by Crippen LogP contribution is 2.44. The lowest BCUT2D eigenvalue weighted by molar-refractivity contribution is -0.142. The van der Waals surface area contributed by atoms with E-state index >= 15 is 0 Å². The van der Waals surface area contributed by atoms with E-state index in [0.29, 0.717) is 24.3 Å². The molecule has 2 aliphatic rings. The molecule has 6 nitrogen and oxygen atoms in total. The third kappa shape index (κ3) is 4.50. The van der Waals surface area contributed by atoms with Crippen molar-refractivity contribution in [1.29, 1.82) is 0 Å². The van der Waals surface area contributed by atoms with Gasteiger partial charge in [0.25, 0.3) is 5.91 Å². The van der Waals surface area contributed by atoms with Gasteiger partial charge in [-0.3, -0.25) is 4.79 Å². The third-order valence-electron chi connectivity index (χ3n) is 4.68. The summed E-state index contributed by atoms with van der Waals surface area (Å²) in [6.07, 6.45) is 4.62. The first kappa shape index (κ1) is 17.7. The van der Waals surface area contributed by atoms with E-state index in [2.05, 4.69) is 10.3 Å². The van der Waals surface area contributed by atoms with E-state index < -0.39 is 23.3 Å². The highest BCUT2D eigenvalue weighted by Gasteiger charge is 2.34.